The summed E-state index contributed by atoms with van der Waals surface area (Å²) in [5.74, 6) is 2.56. The van der Waals surface area contributed by atoms with Gasteiger partial charge in [-0.15, -0.1) is 0 Å². The number of aliphatic hydroxyl groups excluding tert-OH is 1. The zero-order chi connectivity index (χ0) is 14.5. The van der Waals surface area contributed by atoms with Gasteiger partial charge in [-0.2, -0.15) is 0 Å². The molecule has 1 heterocycles. The lowest BCUT2D eigenvalue weighted by Crippen LogP contribution is -3.13. The predicted octanol–water partition coefficient (Wildman–Crippen LogP) is -1.12. The number of hydrogen-bond donors (Lipinski definition) is 2. The highest BCUT2D eigenvalue weighted by Crippen LogP contribution is 3.08. The van der Waals surface area contributed by atoms with Gasteiger partial charge in [0.05, 0.1) is 16.7 Å². The van der Waals surface area contributed by atoms with Crippen molar-refractivity contribution in [3.05, 3.63) is 37.1 Å². The fraction of sp³-hybridized carbons (Fsp3) is 0.692. The van der Waals surface area contributed by atoms with E-state index >= 15 is 0 Å². The molecule has 6 saturated carbocycles. The zero-order valence-corrected chi connectivity index (χ0v) is 10.7. The minimum atomic E-state index is -0.940. The molecule has 1 aromatic rings. The van der Waals surface area contributed by atoms with Gasteiger partial charge in [0.15, 0.2) is 0 Å². The summed E-state index contributed by atoms with van der Waals surface area (Å²) in [5, 5.41) is 20.5. The Labute approximate surface area is 116 Å². The van der Waals surface area contributed by atoms with E-state index in [1.54, 1.807) is 0 Å². The molecule has 21 heavy (non-hydrogen) atoms. The van der Waals surface area contributed by atoms with Crippen LogP contribution < -0.4 is 11.2 Å². The molecule has 0 atom stereocenters. The molecule has 0 unspecified atom stereocenters. The number of H-pyrrole nitrogens is 1. The smallest absolute Gasteiger partial charge is 0.350 e. The fourth-order valence-electron chi connectivity index (χ4n) is 7.37. The van der Waals surface area contributed by atoms with Gasteiger partial charge in [-0.3, -0.25) is 24.5 Å². The van der Waals surface area contributed by atoms with Crippen molar-refractivity contribution in [1.29, 1.82) is 0 Å². The second-order valence-corrected chi connectivity index (χ2v) is 7.21. The Morgan fingerprint density at radius 2 is 1.81 bits per heavy atom. The van der Waals surface area contributed by atoms with E-state index in [4.69, 9.17) is 0 Å². The van der Waals surface area contributed by atoms with Crippen LogP contribution in [0.3, 0.4) is 0 Å². The Morgan fingerprint density at radius 1 is 1.24 bits per heavy atom. The number of aromatic amines is 1. The van der Waals surface area contributed by atoms with E-state index < -0.39 is 21.9 Å². The molecule has 0 amide bonds. The Morgan fingerprint density at radius 3 is 2.29 bits per heavy atom. The number of aliphatic hydroxyl groups is 1. The first-order valence-electron chi connectivity index (χ1n) is 7.14. The van der Waals surface area contributed by atoms with Gasteiger partial charge in [-0.25, -0.2) is 4.79 Å². The van der Waals surface area contributed by atoms with Gasteiger partial charge in [0, 0.05) is 12.0 Å². The number of aromatic nitrogens is 2. The summed E-state index contributed by atoms with van der Waals surface area (Å²) < 4.78 is 1.43. The number of nitrogens with zero attached hydrogens (tertiary/aromatic N) is 2. The molecule has 0 bridgehead atoms. The first-order chi connectivity index (χ1) is 10.0. The highest BCUT2D eigenvalue weighted by atomic mass is 16.6. The minimum Gasteiger partial charge on any atom is -0.396 e. The van der Waals surface area contributed by atoms with Crippen LogP contribution in [0.2, 0.25) is 0 Å². The molecule has 0 aliphatic heterocycles. The normalized spacial score (nSPS) is 55.3. The summed E-state index contributed by atoms with van der Waals surface area (Å²) in [6.07, 6.45) is 1.13. The van der Waals surface area contributed by atoms with Crippen LogP contribution in [-0.4, -0.2) is 26.2 Å². The van der Waals surface area contributed by atoms with Crippen molar-refractivity contribution in [2.75, 3.05) is 6.61 Å². The van der Waals surface area contributed by atoms with Gasteiger partial charge in [0.1, 0.15) is 0 Å². The lowest BCUT2D eigenvalue weighted by molar-refractivity contribution is -0.649. The van der Waals surface area contributed by atoms with Gasteiger partial charge in [-0.1, -0.05) is 0 Å². The Kier molecular flexibility index (Phi) is 1.26. The Balaban J connectivity index is 1.52. The van der Waals surface area contributed by atoms with E-state index in [2.05, 4.69) is 4.98 Å². The fourth-order valence-corrected chi connectivity index (χ4v) is 7.37. The van der Waals surface area contributed by atoms with E-state index in [9.17, 15) is 24.8 Å². The molecule has 0 aromatic carbocycles. The van der Waals surface area contributed by atoms with Gasteiger partial charge in [0.2, 0.25) is 0 Å². The Bertz CT molecular complexity index is 829. The van der Waals surface area contributed by atoms with Crippen LogP contribution in [0.25, 0.3) is 0 Å². The van der Waals surface area contributed by atoms with Crippen LogP contribution in [0.15, 0.2) is 15.8 Å². The quantitative estimate of drug-likeness (QED) is 0.540. The largest absolute Gasteiger partial charge is 0.396 e. The summed E-state index contributed by atoms with van der Waals surface area (Å²) in [7, 11) is 0. The molecule has 1 aromatic heterocycles. The van der Waals surface area contributed by atoms with Crippen LogP contribution in [-0.2, 0) is 5.54 Å². The van der Waals surface area contributed by atoms with Crippen molar-refractivity contribution < 1.29 is 10.0 Å². The van der Waals surface area contributed by atoms with Crippen LogP contribution in [0.1, 0.15) is 0 Å². The molecular weight excluding hydrogens is 278 g/mol. The molecule has 0 saturated heterocycles. The Hall–Kier alpha value is -1.96. The second kappa shape index (κ2) is 2.47. The topological polar surface area (TPSA) is 118 Å². The first-order valence-corrected chi connectivity index (χ1v) is 7.14. The van der Waals surface area contributed by atoms with Gasteiger partial charge < -0.3 is 5.11 Å². The van der Waals surface area contributed by atoms with Crippen LogP contribution in [0.4, 0.5) is 5.69 Å². The van der Waals surface area contributed by atoms with E-state index in [1.165, 1.54) is 4.57 Å². The molecule has 108 valence electrons. The third kappa shape index (κ3) is 0.613. The van der Waals surface area contributed by atoms with E-state index in [0.29, 0.717) is 35.5 Å². The number of rotatable bonds is 3. The van der Waals surface area contributed by atoms with Crippen molar-refractivity contribution in [2.45, 2.75) is 5.54 Å². The van der Waals surface area contributed by atoms with Crippen molar-refractivity contribution in [2.24, 2.45) is 40.9 Å². The summed E-state index contributed by atoms with van der Waals surface area (Å²) in [5.41, 5.74) is -2.22. The average molecular weight is 289 g/mol. The van der Waals surface area contributed by atoms with Crippen molar-refractivity contribution in [3.8, 4) is 0 Å². The van der Waals surface area contributed by atoms with E-state index in [1.807, 2.05) is 0 Å². The highest BCUT2D eigenvalue weighted by Gasteiger charge is 3.10. The van der Waals surface area contributed by atoms with E-state index in [-0.39, 0.29) is 17.6 Å². The standard InChI is InChI=1S/C13H11N3O5/c17-2-12-4-7-5(12)9-6(12)8(4)13(7,9)15-1-3(16(20)21)10(18)14-11(15)19/h1,4-9,17H,2H2,(H,14,18,19). The van der Waals surface area contributed by atoms with Crippen molar-refractivity contribution >= 4 is 5.69 Å². The maximum Gasteiger partial charge on any atom is 0.350 e. The lowest BCUT2D eigenvalue weighted by Gasteiger charge is -3.11. The highest BCUT2D eigenvalue weighted by molar-refractivity contribution is 5.57. The summed E-state index contributed by atoms with van der Waals surface area (Å²) >= 11 is 0. The molecule has 8 heteroatoms. The third-order valence-corrected chi connectivity index (χ3v) is 7.60. The number of hydrogen-bond acceptors (Lipinski definition) is 5. The predicted molar refractivity (Wildman–Crippen MR) is 66.4 cm³/mol. The SMILES string of the molecule is O=c1[nH]c(=O)n(C23C4C5C2C2C3C4C52CO)cc1[N+](=O)[O-]. The van der Waals surface area contributed by atoms with Crippen LogP contribution in [0.5, 0.6) is 0 Å². The molecule has 0 radical (unpaired) electrons. The molecule has 2 N–H and O–H groups in total. The second-order valence-electron chi connectivity index (χ2n) is 7.21. The number of nitro groups is 1. The summed E-state index contributed by atoms with van der Waals surface area (Å²) in [6, 6.07) is 0. The summed E-state index contributed by atoms with van der Waals surface area (Å²) in [4.78, 5) is 35.9. The molecular formula is C13H11N3O5. The molecule has 6 aliphatic carbocycles. The maximum absolute atomic E-state index is 12.1. The van der Waals surface area contributed by atoms with E-state index in [0.717, 1.165) is 6.20 Å². The maximum atomic E-state index is 12.1. The zero-order valence-electron chi connectivity index (χ0n) is 10.7. The van der Waals surface area contributed by atoms with Crippen LogP contribution in [0, 0.1) is 51.0 Å². The monoisotopic (exact) mass is 289 g/mol. The molecule has 6 fully saturated rings. The molecule has 7 rings (SSSR count). The van der Waals surface area contributed by atoms with Crippen molar-refractivity contribution in [3.63, 3.8) is 0 Å². The van der Waals surface area contributed by atoms with Crippen molar-refractivity contribution in [1.82, 2.24) is 9.55 Å². The summed E-state index contributed by atoms with van der Waals surface area (Å²) in [6.45, 7) is 0.229. The lowest BCUT2D eigenvalue weighted by atomic mass is 8.94. The van der Waals surface area contributed by atoms with Gasteiger partial charge in [-0.05, 0) is 35.5 Å². The van der Waals surface area contributed by atoms with Gasteiger partial charge in [0.25, 0.3) is 0 Å². The molecule has 6 aliphatic rings. The van der Waals surface area contributed by atoms with Gasteiger partial charge >= 0.3 is 16.9 Å². The van der Waals surface area contributed by atoms with Crippen LogP contribution >= 0.6 is 0 Å². The molecule has 0 spiro atoms. The third-order valence-electron chi connectivity index (χ3n) is 7.60. The molecule has 8 nitrogen and oxygen atoms in total. The first kappa shape index (κ1) is 10.7. The number of nitrogens with one attached hydrogen (secondary N) is 1. The average Bonchev–Trinajstić information content (AvgIpc) is 2.46. The minimum absolute atomic E-state index is 0.124.